The Morgan fingerprint density at radius 1 is 0.544 bits per heavy atom. The molecule has 23 nitrogen and oxygen atoms in total. The molecule has 2 aliphatic rings. The molecule has 4 aromatic carbocycles. The van der Waals surface area contributed by atoms with E-state index in [0.29, 0.717) is 64.2 Å². The second kappa shape index (κ2) is 28.4. The molecule has 0 amide bonds. The van der Waals surface area contributed by atoms with Crippen LogP contribution in [0.1, 0.15) is 53.9 Å². The normalized spacial score (nSPS) is 13.4. The van der Waals surface area contributed by atoms with Crippen molar-refractivity contribution in [2.45, 2.75) is 44.2 Å². The molecule has 0 N–H and O–H groups in total. The van der Waals surface area contributed by atoms with Gasteiger partial charge in [0.2, 0.25) is 0 Å². The minimum atomic E-state index is -0.861. The van der Waals surface area contributed by atoms with Gasteiger partial charge in [-0.2, -0.15) is 4.89 Å². The number of rotatable bonds is 31. The third kappa shape index (κ3) is 15.7. The lowest BCUT2D eigenvalue weighted by Gasteiger charge is -2.35. The summed E-state index contributed by atoms with van der Waals surface area (Å²) in [5.74, 6) is -2.13. The SMILES string of the molecule is C=C(CN(c1ccc2c(c1)Oc1cc(N(CCC(=O)OC)CCC(=O)OC)ccc1C2c1ccc(N(CC(=O)OC)CC(=O)OC)c(OCCOc2cc(C)ccc2N(CC(=O)OC)CC(=O)OC)c1)C1(OOC)CC1)OOC. The van der Waals surface area contributed by atoms with Crippen molar-refractivity contribution < 1.29 is 90.9 Å². The van der Waals surface area contributed by atoms with Gasteiger partial charge in [0.15, 0.2) is 11.5 Å². The van der Waals surface area contributed by atoms with Crippen molar-refractivity contribution in [1.29, 1.82) is 0 Å². The lowest BCUT2D eigenvalue weighted by Crippen LogP contribution is -2.41. The molecule has 1 fully saturated rings. The molecule has 426 valence electrons. The highest BCUT2D eigenvalue weighted by molar-refractivity contribution is 5.84. The molecule has 1 atom stereocenters. The number of carbonyl (C=O) groups excluding carboxylic acids is 6. The van der Waals surface area contributed by atoms with Crippen LogP contribution in [0.2, 0.25) is 0 Å². The fraction of sp³-hybridized carbons (Fsp3) is 0.429. The molecule has 4 aromatic rings. The molecule has 6 rings (SSSR count). The number of ether oxygens (including phenoxy) is 9. The monoisotopic (exact) mass is 1100 g/mol. The first kappa shape index (κ1) is 60.0. The smallest absolute Gasteiger partial charge is 0.325 e. The first-order valence-corrected chi connectivity index (χ1v) is 25.0. The van der Waals surface area contributed by atoms with E-state index in [0.717, 1.165) is 16.7 Å². The minimum Gasteiger partial charge on any atom is -0.488 e. The highest BCUT2D eigenvalue weighted by Crippen LogP contribution is 2.52. The Morgan fingerprint density at radius 2 is 1.01 bits per heavy atom. The third-order valence-electron chi connectivity index (χ3n) is 13.0. The molecule has 23 heteroatoms. The highest BCUT2D eigenvalue weighted by Gasteiger charge is 2.52. The molecule has 1 heterocycles. The Bertz CT molecular complexity index is 2760. The van der Waals surface area contributed by atoms with Crippen LogP contribution in [0.15, 0.2) is 85.1 Å². The number of hydrogen-bond acceptors (Lipinski definition) is 23. The zero-order valence-corrected chi connectivity index (χ0v) is 46.0. The van der Waals surface area contributed by atoms with Crippen LogP contribution in [-0.2, 0) is 76.7 Å². The van der Waals surface area contributed by atoms with Gasteiger partial charge in [-0.25, -0.2) is 9.78 Å². The summed E-state index contributed by atoms with van der Waals surface area (Å²) in [4.78, 5) is 104. The van der Waals surface area contributed by atoms with E-state index in [1.807, 2.05) is 59.2 Å². The molecule has 0 spiro atoms. The average molecular weight is 1100 g/mol. The van der Waals surface area contributed by atoms with Crippen LogP contribution in [0, 0.1) is 6.92 Å². The van der Waals surface area contributed by atoms with Gasteiger partial charge in [0, 0.05) is 66.5 Å². The third-order valence-corrected chi connectivity index (χ3v) is 13.0. The second-order valence-corrected chi connectivity index (χ2v) is 18.1. The van der Waals surface area contributed by atoms with Gasteiger partial charge in [0.05, 0.1) is 87.6 Å². The Hall–Kier alpha value is -8.28. The molecule has 0 saturated heterocycles. The predicted molar refractivity (Wildman–Crippen MR) is 285 cm³/mol. The van der Waals surface area contributed by atoms with E-state index in [2.05, 4.69) is 6.58 Å². The Kier molecular flexibility index (Phi) is 21.5. The molecule has 1 aliphatic carbocycles. The lowest BCUT2D eigenvalue weighted by atomic mass is 9.82. The molecule has 1 aliphatic heterocycles. The van der Waals surface area contributed by atoms with Crippen LogP contribution in [-0.4, -0.2) is 157 Å². The van der Waals surface area contributed by atoms with Gasteiger partial charge >= 0.3 is 35.8 Å². The van der Waals surface area contributed by atoms with Crippen LogP contribution in [0.25, 0.3) is 0 Å². The summed E-state index contributed by atoms with van der Waals surface area (Å²) in [6.45, 7) is 5.03. The Labute approximate surface area is 458 Å². The van der Waals surface area contributed by atoms with E-state index in [1.54, 1.807) is 30.3 Å². The molecule has 0 bridgehead atoms. The van der Waals surface area contributed by atoms with Crippen LogP contribution < -0.4 is 33.8 Å². The predicted octanol–water partition coefficient (Wildman–Crippen LogP) is 5.94. The summed E-state index contributed by atoms with van der Waals surface area (Å²) < 4.78 is 49.6. The summed E-state index contributed by atoms with van der Waals surface area (Å²) in [5.41, 5.74) is 4.18. The number of nitrogens with zero attached hydrogens (tertiary/aromatic N) is 4. The van der Waals surface area contributed by atoms with Crippen LogP contribution >= 0.6 is 0 Å². The molecule has 1 unspecified atom stereocenters. The first-order chi connectivity index (χ1) is 38.0. The van der Waals surface area contributed by atoms with Gasteiger partial charge in [-0.3, -0.25) is 28.8 Å². The zero-order chi connectivity index (χ0) is 57.2. The number of aryl methyl sites for hydroxylation is 1. The zero-order valence-electron chi connectivity index (χ0n) is 46.0. The second-order valence-electron chi connectivity index (χ2n) is 18.1. The van der Waals surface area contributed by atoms with E-state index in [9.17, 15) is 28.8 Å². The largest absolute Gasteiger partial charge is 0.488 e. The quantitative estimate of drug-likeness (QED) is 0.00949. The maximum absolute atomic E-state index is 13.0. The van der Waals surface area contributed by atoms with Gasteiger partial charge in [-0.1, -0.05) is 30.8 Å². The molecule has 79 heavy (non-hydrogen) atoms. The van der Waals surface area contributed by atoms with E-state index in [1.165, 1.54) is 66.7 Å². The number of benzene rings is 4. The standard InChI is InChI=1S/C56H68N4O19/c1-36-11-17-43(58(32-51(63)69-5)33-52(64)70-6)47(27-36)75-25-26-76-48-28-38(12-18-44(48)59(34-53(65)71-7)35-54(66)72-8)55-41-15-13-39(57(23-19-49(61)67-3)24-20-50(62)68-4)29-45(41)77-46-30-40(14-16-42(46)55)60(31-37(2)78-73-9)56(21-22-56)79-74-10/h11-18,27-30,55H,2,19-26,31-35H2,1,3-10H3. The van der Waals surface area contributed by atoms with E-state index < -0.39 is 47.5 Å². The maximum atomic E-state index is 13.0. The molecule has 0 radical (unpaired) electrons. The summed E-state index contributed by atoms with van der Waals surface area (Å²) in [5, 5.41) is 0. The van der Waals surface area contributed by atoms with Crippen LogP contribution in [0.3, 0.4) is 0 Å². The Morgan fingerprint density at radius 3 is 1.48 bits per heavy atom. The number of fused-ring (bicyclic) bond motifs is 2. The fourth-order valence-electron chi connectivity index (χ4n) is 8.91. The maximum Gasteiger partial charge on any atom is 0.325 e. The van der Waals surface area contributed by atoms with Crippen molar-refractivity contribution in [2.75, 3.05) is 136 Å². The lowest BCUT2D eigenvalue weighted by molar-refractivity contribution is -0.316. The topological polar surface area (TPSA) is 235 Å². The minimum absolute atomic E-state index is 0.0299. The number of anilines is 4. The van der Waals surface area contributed by atoms with E-state index in [-0.39, 0.29) is 77.6 Å². The number of esters is 6. The van der Waals surface area contributed by atoms with E-state index in [4.69, 9.17) is 62.2 Å². The number of methoxy groups -OCH3 is 6. The van der Waals surface area contributed by atoms with E-state index >= 15 is 0 Å². The number of carbonyl (C=O) groups is 6. The Balaban J connectivity index is 1.48. The summed E-state index contributed by atoms with van der Waals surface area (Å²) >= 11 is 0. The van der Waals surface area contributed by atoms with Crippen molar-refractivity contribution in [1.82, 2.24) is 0 Å². The van der Waals surface area contributed by atoms with Crippen molar-refractivity contribution in [2.24, 2.45) is 0 Å². The van der Waals surface area contributed by atoms with Gasteiger partial charge in [0.1, 0.15) is 62.4 Å². The average Bonchev–Trinajstić information content (AvgIpc) is 4.46. The summed E-state index contributed by atoms with van der Waals surface area (Å²) in [7, 11) is 10.4. The summed E-state index contributed by atoms with van der Waals surface area (Å²) in [6, 6.07) is 22.0. The van der Waals surface area contributed by atoms with Crippen molar-refractivity contribution in [3.63, 3.8) is 0 Å². The first-order valence-electron chi connectivity index (χ1n) is 25.0. The van der Waals surface area contributed by atoms with Gasteiger partial charge in [-0.15, -0.1) is 0 Å². The molecular weight excluding hydrogens is 1030 g/mol. The van der Waals surface area contributed by atoms with Crippen molar-refractivity contribution >= 4 is 58.6 Å². The van der Waals surface area contributed by atoms with Crippen LogP contribution in [0.4, 0.5) is 22.7 Å². The van der Waals surface area contributed by atoms with Crippen molar-refractivity contribution in [3.8, 4) is 23.0 Å². The van der Waals surface area contributed by atoms with Gasteiger partial charge < -0.3 is 67.1 Å². The highest BCUT2D eigenvalue weighted by atomic mass is 17.2. The van der Waals surface area contributed by atoms with Gasteiger partial charge in [-0.05, 0) is 54.4 Å². The molecule has 0 aromatic heterocycles. The number of hydrogen-bond donors (Lipinski definition) is 0. The fourth-order valence-corrected chi connectivity index (χ4v) is 8.91. The van der Waals surface area contributed by atoms with Gasteiger partial charge in [0.25, 0.3) is 0 Å². The van der Waals surface area contributed by atoms with Crippen LogP contribution in [0.5, 0.6) is 23.0 Å². The molecule has 1 saturated carbocycles. The van der Waals surface area contributed by atoms with Crippen molar-refractivity contribution in [3.05, 3.63) is 107 Å². The summed E-state index contributed by atoms with van der Waals surface area (Å²) in [6.07, 6.45) is 1.31. The molecular formula is C56H68N4O19.